The smallest absolute Gasteiger partial charge is 0.325 e. The van der Waals surface area contributed by atoms with Gasteiger partial charge in [0.15, 0.2) is 5.78 Å². The van der Waals surface area contributed by atoms with Crippen LogP contribution in [0.5, 0.6) is 5.75 Å². The summed E-state index contributed by atoms with van der Waals surface area (Å²) in [6.07, 6.45) is 0. The fourth-order valence-electron chi connectivity index (χ4n) is 1.66. The predicted molar refractivity (Wildman–Crippen MR) is 84.2 cm³/mol. The van der Waals surface area contributed by atoms with Crippen molar-refractivity contribution in [1.29, 1.82) is 0 Å². The Labute approximate surface area is 133 Å². The standard InChI is InChI=1S/C15H19NO5S/c1-10(17)11-4-5-13(20-2)12(6-11)8-22-9-14(18)16-7-15(19)21-3/h4-6H,7-9H2,1-3H3,(H,16,18). The van der Waals surface area contributed by atoms with Crippen LogP contribution in [0.4, 0.5) is 0 Å². The van der Waals surface area contributed by atoms with Crippen LogP contribution in [0.3, 0.4) is 0 Å². The molecule has 0 spiro atoms. The minimum atomic E-state index is -0.492. The van der Waals surface area contributed by atoms with E-state index in [9.17, 15) is 14.4 Å². The average Bonchev–Trinajstić information content (AvgIpc) is 2.52. The number of Topliss-reactive ketones (excluding diaryl/α,β-unsaturated/α-hetero) is 1. The van der Waals surface area contributed by atoms with E-state index < -0.39 is 5.97 Å². The summed E-state index contributed by atoms with van der Waals surface area (Å²) in [6, 6.07) is 5.21. The zero-order valence-corrected chi connectivity index (χ0v) is 13.6. The number of carbonyl (C=O) groups is 3. The molecule has 0 saturated heterocycles. The van der Waals surface area contributed by atoms with Gasteiger partial charge in [-0.15, -0.1) is 11.8 Å². The first kappa shape index (κ1) is 18.0. The number of hydrogen-bond acceptors (Lipinski definition) is 6. The Morgan fingerprint density at radius 2 is 1.95 bits per heavy atom. The van der Waals surface area contributed by atoms with Crippen LogP contribution in [0.15, 0.2) is 18.2 Å². The maximum Gasteiger partial charge on any atom is 0.325 e. The molecule has 1 rings (SSSR count). The van der Waals surface area contributed by atoms with E-state index >= 15 is 0 Å². The molecule has 0 unspecified atom stereocenters. The van der Waals surface area contributed by atoms with Gasteiger partial charge in [-0.05, 0) is 25.1 Å². The van der Waals surface area contributed by atoms with Gasteiger partial charge in [-0.25, -0.2) is 0 Å². The van der Waals surface area contributed by atoms with Gasteiger partial charge in [-0.2, -0.15) is 0 Å². The third-order valence-corrected chi connectivity index (χ3v) is 3.82. The number of rotatable bonds is 8. The van der Waals surface area contributed by atoms with Crippen LogP contribution in [0.2, 0.25) is 0 Å². The molecule has 0 fully saturated rings. The quantitative estimate of drug-likeness (QED) is 0.575. The minimum absolute atomic E-state index is 0.0234. The van der Waals surface area contributed by atoms with Crippen molar-refractivity contribution in [2.75, 3.05) is 26.5 Å². The van der Waals surface area contributed by atoms with Gasteiger partial charge in [0.2, 0.25) is 5.91 Å². The largest absolute Gasteiger partial charge is 0.496 e. The molecule has 0 aliphatic heterocycles. The van der Waals surface area contributed by atoms with E-state index in [1.165, 1.54) is 25.8 Å². The topological polar surface area (TPSA) is 81.7 Å². The lowest BCUT2D eigenvalue weighted by molar-refractivity contribution is -0.140. The van der Waals surface area contributed by atoms with Crippen molar-refractivity contribution in [3.8, 4) is 5.75 Å². The number of ether oxygens (including phenoxy) is 2. The SMILES string of the molecule is COC(=O)CNC(=O)CSCc1cc(C(C)=O)ccc1OC. The molecule has 0 aromatic heterocycles. The van der Waals surface area contributed by atoms with Crippen molar-refractivity contribution in [2.45, 2.75) is 12.7 Å². The van der Waals surface area contributed by atoms with Gasteiger partial charge in [0, 0.05) is 16.9 Å². The van der Waals surface area contributed by atoms with Crippen molar-refractivity contribution < 1.29 is 23.9 Å². The number of nitrogens with one attached hydrogen (secondary N) is 1. The number of benzene rings is 1. The lowest BCUT2D eigenvalue weighted by atomic mass is 10.1. The van der Waals surface area contributed by atoms with E-state index in [1.807, 2.05) is 0 Å². The van der Waals surface area contributed by atoms with E-state index in [2.05, 4.69) is 10.1 Å². The number of esters is 1. The first-order chi connectivity index (χ1) is 10.5. The zero-order valence-electron chi connectivity index (χ0n) is 12.8. The molecule has 7 heteroatoms. The van der Waals surface area contributed by atoms with Gasteiger partial charge in [-0.3, -0.25) is 14.4 Å². The van der Waals surface area contributed by atoms with Gasteiger partial charge in [-0.1, -0.05) is 0 Å². The lowest BCUT2D eigenvalue weighted by Crippen LogP contribution is -2.31. The first-order valence-corrected chi connectivity index (χ1v) is 7.72. The Morgan fingerprint density at radius 1 is 1.23 bits per heavy atom. The van der Waals surface area contributed by atoms with Crippen molar-refractivity contribution in [1.82, 2.24) is 5.32 Å². The normalized spacial score (nSPS) is 9.95. The third kappa shape index (κ3) is 5.77. The zero-order chi connectivity index (χ0) is 16.5. The Hall–Kier alpha value is -2.02. The number of amides is 1. The highest BCUT2D eigenvalue weighted by Gasteiger charge is 2.09. The molecule has 1 N–H and O–H groups in total. The molecular weight excluding hydrogens is 306 g/mol. The molecular formula is C15H19NO5S. The van der Waals surface area contributed by atoms with Crippen LogP contribution in [0.25, 0.3) is 0 Å². The molecule has 6 nitrogen and oxygen atoms in total. The number of hydrogen-bond donors (Lipinski definition) is 1. The first-order valence-electron chi connectivity index (χ1n) is 6.57. The van der Waals surface area contributed by atoms with Gasteiger partial charge < -0.3 is 14.8 Å². The molecule has 0 aliphatic rings. The number of ketones is 1. The van der Waals surface area contributed by atoms with Crippen LogP contribution in [0, 0.1) is 0 Å². The van der Waals surface area contributed by atoms with Crippen LogP contribution in [0.1, 0.15) is 22.8 Å². The van der Waals surface area contributed by atoms with E-state index in [0.29, 0.717) is 17.1 Å². The Bertz CT molecular complexity index is 559. The second-order valence-electron chi connectivity index (χ2n) is 4.43. The maximum atomic E-state index is 11.6. The van der Waals surface area contributed by atoms with Crippen LogP contribution >= 0.6 is 11.8 Å². The van der Waals surface area contributed by atoms with Crippen molar-refractivity contribution in [3.05, 3.63) is 29.3 Å². The van der Waals surface area contributed by atoms with E-state index in [0.717, 1.165) is 5.56 Å². The highest BCUT2D eigenvalue weighted by Crippen LogP contribution is 2.24. The second-order valence-corrected chi connectivity index (χ2v) is 5.41. The van der Waals surface area contributed by atoms with E-state index in [-0.39, 0.29) is 24.0 Å². The Morgan fingerprint density at radius 3 is 2.55 bits per heavy atom. The highest BCUT2D eigenvalue weighted by molar-refractivity contribution is 7.99. The summed E-state index contributed by atoms with van der Waals surface area (Å²) >= 11 is 1.37. The second kappa shape index (κ2) is 9.09. The summed E-state index contributed by atoms with van der Waals surface area (Å²) in [4.78, 5) is 33.9. The van der Waals surface area contributed by atoms with Crippen LogP contribution < -0.4 is 10.1 Å². The summed E-state index contributed by atoms with van der Waals surface area (Å²) in [5, 5.41) is 2.46. The van der Waals surface area contributed by atoms with Crippen molar-refractivity contribution in [2.24, 2.45) is 0 Å². The number of methoxy groups -OCH3 is 2. The summed E-state index contributed by atoms with van der Waals surface area (Å²) in [7, 11) is 2.82. The fraction of sp³-hybridized carbons (Fsp3) is 0.400. The molecule has 22 heavy (non-hydrogen) atoms. The molecule has 0 radical (unpaired) electrons. The summed E-state index contributed by atoms with van der Waals surface area (Å²) < 4.78 is 9.68. The molecule has 1 amide bonds. The minimum Gasteiger partial charge on any atom is -0.496 e. The molecule has 0 aliphatic carbocycles. The molecule has 0 saturated carbocycles. The highest BCUT2D eigenvalue weighted by atomic mass is 32.2. The monoisotopic (exact) mass is 325 g/mol. The molecule has 0 atom stereocenters. The van der Waals surface area contributed by atoms with Gasteiger partial charge in [0.05, 0.1) is 20.0 Å². The number of thioether (sulfide) groups is 1. The predicted octanol–water partition coefficient (Wildman–Crippen LogP) is 1.42. The van der Waals surface area contributed by atoms with Gasteiger partial charge in [0.1, 0.15) is 12.3 Å². The summed E-state index contributed by atoms with van der Waals surface area (Å²) in [5.74, 6) is 0.629. The van der Waals surface area contributed by atoms with Crippen molar-refractivity contribution >= 4 is 29.4 Å². The van der Waals surface area contributed by atoms with Gasteiger partial charge >= 0.3 is 5.97 Å². The summed E-state index contributed by atoms with van der Waals surface area (Å²) in [6.45, 7) is 1.36. The Kier molecular flexibility index (Phi) is 7.45. The van der Waals surface area contributed by atoms with E-state index in [4.69, 9.17) is 4.74 Å². The molecule has 0 bridgehead atoms. The fourth-order valence-corrected chi connectivity index (χ4v) is 2.49. The molecule has 0 heterocycles. The molecule has 120 valence electrons. The third-order valence-electron chi connectivity index (χ3n) is 2.84. The summed E-state index contributed by atoms with van der Waals surface area (Å²) in [5.41, 5.74) is 1.45. The maximum absolute atomic E-state index is 11.6. The van der Waals surface area contributed by atoms with Crippen LogP contribution in [-0.4, -0.2) is 44.2 Å². The number of carbonyl (C=O) groups excluding carboxylic acids is 3. The van der Waals surface area contributed by atoms with Crippen LogP contribution in [-0.2, 0) is 20.1 Å². The Balaban J connectivity index is 2.53. The molecule has 1 aromatic carbocycles. The van der Waals surface area contributed by atoms with Gasteiger partial charge in [0.25, 0.3) is 0 Å². The van der Waals surface area contributed by atoms with E-state index in [1.54, 1.807) is 25.3 Å². The molecule has 1 aromatic rings. The lowest BCUT2D eigenvalue weighted by Gasteiger charge is -2.10. The van der Waals surface area contributed by atoms with Crippen molar-refractivity contribution in [3.63, 3.8) is 0 Å². The average molecular weight is 325 g/mol.